The van der Waals surface area contributed by atoms with Gasteiger partial charge in [0.2, 0.25) is 5.91 Å². The van der Waals surface area contributed by atoms with Crippen molar-refractivity contribution in [2.45, 2.75) is 25.1 Å². The van der Waals surface area contributed by atoms with Gasteiger partial charge in [0, 0.05) is 38.2 Å². The summed E-state index contributed by atoms with van der Waals surface area (Å²) in [5.74, 6) is 0.887. The number of anilines is 1. The molecule has 25 heavy (non-hydrogen) atoms. The number of carbonyl (C=O) groups is 1. The van der Waals surface area contributed by atoms with E-state index >= 15 is 0 Å². The Morgan fingerprint density at radius 2 is 2.28 bits per heavy atom. The molecule has 2 atom stereocenters. The van der Waals surface area contributed by atoms with Crippen molar-refractivity contribution in [1.82, 2.24) is 9.88 Å². The Morgan fingerprint density at radius 3 is 3.08 bits per heavy atom. The fourth-order valence-corrected chi connectivity index (χ4v) is 4.20. The predicted molar refractivity (Wildman–Crippen MR) is 96.0 cm³/mol. The second-order valence-electron chi connectivity index (χ2n) is 6.30. The van der Waals surface area contributed by atoms with E-state index in [-0.39, 0.29) is 18.1 Å². The van der Waals surface area contributed by atoms with E-state index in [1.54, 1.807) is 29.5 Å². The molecule has 1 fully saturated rings. The molecule has 0 radical (unpaired) electrons. The lowest BCUT2D eigenvalue weighted by Gasteiger charge is -2.31. The maximum atomic E-state index is 13.3. The standard InChI is InChI=1S/C18H21N3O3S/c1-23-8-7-21-14-4-2-3-5-16(14)24-13-10-15(18(21)22)20(11-13)12-17-19-6-9-25-17/h2-6,9,13,15H,7-8,10-12H2,1H3/t13-,15-/m0/s1. The van der Waals surface area contributed by atoms with Crippen LogP contribution in [0.1, 0.15) is 11.4 Å². The Balaban J connectivity index is 1.65. The Morgan fingerprint density at radius 1 is 1.40 bits per heavy atom. The molecule has 0 saturated carbocycles. The molecule has 1 aromatic heterocycles. The van der Waals surface area contributed by atoms with E-state index < -0.39 is 0 Å². The van der Waals surface area contributed by atoms with E-state index in [4.69, 9.17) is 9.47 Å². The van der Waals surface area contributed by atoms with Crippen LogP contribution in [0.2, 0.25) is 0 Å². The van der Waals surface area contributed by atoms with Crippen LogP contribution in [0.5, 0.6) is 5.75 Å². The third-order valence-corrected chi connectivity index (χ3v) is 5.47. The molecule has 4 rings (SSSR count). The summed E-state index contributed by atoms with van der Waals surface area (Å²) in [5.41, 5.74) is 0.829. The largest absolute Gasteiger partial charge is 0.487 e. The molecule has 1 saturated heterocycles. The van der Waals surface area contributed by atoms with Crippen LogP contribution in [-0.2, 0) is 16.1 Å². The summed E-state index contributed by atoms with van der Waals surface area (Å²) in [4.78, 5) is 21.7. The van der Waals surface area contributed by atoms with Crippen molar-refractivity contribution in [3.05, 3.63) is 40.8 Å². The number of carbonyl (C=O) groups excluding carboxylic acids is 1. The number of methoxy groups -OCH3 is 1. The molecule has 2 aromatic rings. The highest BCUT2D eigenvalue weighted by Gasteiger charge is 2.42. The Bertz CT molecular complexity index is 737. The zero-order valence-electron chi connectivity index (χ0n) is 14.1. The molecule has 2 bridgehead atoms. The van der Waals surface area contributed by atoms with E-state index in [1.165, 1.54) is 0 Å². The lowest BCUT2D eigenvalue weighted by atomic mass is 10.1. The minimum Gasteiger partial charge on any atom is -0.487 e. The van der Waals surface area contributed by atoms with Crippen molar-refractivity contribution in [3.8, 4) is 5.75 Å². The van der Waals surface area contributed by atoms with E-state index in [2.05, 4.69) is 9.88 Å². The van der Waals surface area contributed by atoms with Crippen molar-refractivity contribution in [2.24, 2.45) is 0 Å². The summed E-state index contributed by atoms with van der Waals surface area (Å²) in [6.07, 6.45) is 2.54. The second-order valence-corrected chi connectivity index (χ2v) is 7.28. The first kappa shape index (κ1) is 16.5. The van der Waals surface area contributed by atoms with Crippen LogP contribution in [0.15, 0.2) is 35.8 Å². The predicted octanol–water partition coefficient (Wildman–Crippen LogP) is 2.16. The van der Waals surface area contributed by atoms with Crippen molar-refractivity contribution in [3.63, 3.8) is 0 Å². The highest BCUT2D eigenvalue weighted by Crippen LogP contribution is 2.36. The van der Waals surface area contributed by atoms with Crippen LogP contribution in [0, 0.1) is 0 Å². The number of ether oxygens (including phenoxy) is 2. The number of hydrogen-bond donors (Lipinski definition) is 0. The summed E-state index contributed by atoms with van der Waals surface area (Å²) in [6, 6.07) is 7.58. The number of nitrogens with zero attached hydrogens (tertiary/aromatic N) is 3. The molecule has 6 nitrogen and oxygen atoms in total. The van der Waals surface area contributed by atoms with Gasteiger partial charge in [0.05, 0.1) is 24.9 Å². The van der Waals surface area contributed by atoms with Crippen molar-refractivity contribution in [2.75, 3.05) is 31.7 Å². The van der Waals surface area contributed by atoms with Crippen molar-refractivity contribution in [1.29, 1.82) is 0 Å². The smallest absolute Gasteiger partial charge is 0.244 e. The summed E-state index contributed by atoms with van der Waals surface area (Å²) < 4.78 is 11.5. The van der Waals surface area contributed by atoms with Gasteiger partial charge in [-0.15, -0.1) is 11.3 Å². The van der Waals surface area contributed by atoms with Crippen LogP contribution in [0.3, 0.4) is 0 Å². The summed E-state index contributed by atoms with van der Waals surface area (Å²) >= 11 is 1.62. The van der Waals surface area contributed by atoms with E-state index in [0.717, 1.165) is 23.0 Å². The average molecular weight is 359 g/mol. The maximum Gasteiger partial charge on any atom is 0.244 e. The van der Waals surface area contributed by atoms with Crippen molar-refractivity contribution >= 4 is 22.9 Å². The quantitative estimate of drug-likeness (QED) is 0.819. The van der Waals surface area contributed by atoms with Crippen LogP contribution in [0.25, 0.3) is 0 Å². The second kappa shape index (κ2) is 7.11. The van der Waals surface area contributed by atoms with Gasteiger partial charge in [0.1, 0.15) is 16.9 Å². The molecule has 132 valence electrons. The monoisotopic (exact) mass is 359 g/mol. The molecule has 7 heteroatoms. The van der Waals surface area contributed by atoms with Gasteiger partial charge in [-0.3, -0.25) is 9.69 Å². The molecule has 1 aromatic carbocycles. The molecular formula is C18H21N3O3S. The lowest BCUT2D eigenvalue weighted by molar-refractivity contribution is -0.123. The molecule has 2 aliphatic rings. The van der Waals surface area contributed by atoms with E-state index in [0.29, 0.717) is 26.1 Å². The van der Waals surface area contributed by atoms with E-state index in [9.17, 15) is 4.79 Å². The number of fused-ring (bicyclic) bond motifs is 3. The minimum absolute atomic E-state index is 0.0274. The fraction of sp³-hybridized carbons (Fsp3) is 0.444. The van der Waals surface area contributed by atoms with E-state index in [1.807, 2.05) is 29.6 Å². The maximum absolute atomic E-state index is 13.3. The number of likely N-dealkylation sites (tertiary alicyclic amines) is 1. The molecule has 0 spiro atoms. The number of benzene rings is 1. The number of para-hydroxylation sites is 2. The minimum atomic E-state index is -0.181. The lowest BCUT2D eigenvalue weighted by Crippen LogP contribution is -2.47. The van der Waals surface area contributed by atoms with Gasteiger partial charge in [-0.25, -0.2) is 4.98 Å². The molecular weight excluding hydrogens is 338 g/mol. The Labute approximate surface area is 151 Å². The Kier molecular flexibility index (Phi) is 4.70. The van der Waals surface area contributed by atoms with Gasteiger partial charge in [0.25, 0.3) is 0 Å². The average Bonchev–Trinajstić information content (AvgIpc) is 3.26. The normalized spacial score (nSPS) is 23.1. The number of hydrogen-bond acceptors (Lipinski definition) is 6. The number of thiazole rings is 1. The van der Waals surface area contributed by atoms with Crippen LogP contribution < -0.4 is 9.64 Å². The third kappa shape index (κ3) is 3.27. The summed E-state index contributed by atoms with van der Waals surface area (Å²) in [5, 5.41) is 2.99. The Hall–Kier alpha value is -1.96. The zero-order valence-corrected chi connectivity index (χ0v) is 14.9. The summed E-state index contributed by atoms with van der Waals surface area (Å²) in [7, 11) is 1.65. The molecule has 3 heterocycles. The fourth-order valence-electron chi connectivity index (χ4n) is 3.55. The number of aromatic nitrogens is 1. The number of rotatable bonds is 5. The molecule has 0 unspecified atom stereocenters. The first-order chi connectivity index (χ1) is 12.3. The molecule has 0 N–H and O–H groups in total. The van der Waals surface area contributed by atoms with Crippen LogP contribution in [-0.4, -0.2) is 54.7 Å². The van der Waals surface area contributed by atoms with Gasteiger partial charge >= 0.3 is 0 Å². The van der Waals surface area contributed by atoms with Crippen LogP contribution in [0.4, 0.5) is 5.69 Å². The first-order valence-corrected chi connectivity index (χ1v) is 9.32. The highest BCUT2D eigenvalue weighted by atomic mass is 32.1. The van der Waals surface area contributed by atoms with Gasteiger partial charge in [-0.1, -0.05) is 12.1 Å². The van der Waals surface area contributed by atoms with Gasteiger partial charge < -0.3 is 14.4 Å². The first-order valence-electron chi connectivity index (χ1n) is 8.44. The molecule has 2 aliphatic heterocycles. The van der Waals surface area contributed by atoms with Crippen molar-refractivity contribution < 1.29 is 14.3 Å². The third-order valence-electron chi connectivity index (χ3n) is 4.71. The molecule has 1 amide bonds. The zero-order chi connectivity index (χ0) is 17.2. The van der Waals surface area contributed by atoms with Gasteiger partial charge in [0.15, 0.2) is 0 Å². The van der Waals surface area contributed by atoms with Gasteiger partial charge in [-0.05, 0) is 12.1 Å². The highest BCUT2D eigenvalue weighted by molar-refractivity contribution is 7.09. The topological polar surface area (TPSA) is 54.9 Å². The summed E-state index contributed by atoms with van der Waals surface area (Å²) in [6.45, 7) is 2.43. The van der Waals surface area contributed by atoms with Gasteiger partial charge in [-0.2, -0.15) is 0 Å². The molecule has 0 aliphatic carbocycles. The SMILES string of the molecule is COCCN1C(=O)[C@@H]2C[C@@H](CN2Cc2nccs2)Oc2ccccc21. The van der Waals surface area contributed by atoms with Crippen LogP contribution >= 0.6 is 11.3 Å². The number of amides is 1.